The molecule has 3 rings (SSSR count). The number of alkyl carbamates (subject to hydrolysis) is 1. The van der Waals surface area contributed by atoms with Gasteiger partial charge in [0.05, 0.1) is 0 Å². The SMILES string of the molecule is CC(C)(C)OC(=O)NC1CCN([C@H](C(=O)O)c2ccc3ccccc3c2)CC1. The quantitative estimate of drug-likeness (QED) is 0.834. The standard InChI is InChI=1S/C22H28N2O4/c1-22(2,3)28-21(27)23-18-10-12-24(13-11-18)19(20(25)26)17-9-8-15-6-4-5-7-16(15)14-17/h4-9,14,18-19H,10-13H2,1-3H3,(H,23,27)(H,25,26)/t19-/m0/s1. The first kappa shape index (κ1) is 20.1. The van der Waals surface area contributed by atoms with Crippen molar-refractivity contribution >= 4 is 22.8 Å². The number of piperidine rings is 1. The van der Waals surface area contributed by atoms with E-state index in [2.05, 4.69) is 5.32 Å². The van der Waals surface area contributed by atoms with Crippen molar-refractivity contribution in [3.05, 3.63) is 48.0 Å². The van der Waals surface area contributed by atoms with E-state index in [-0.39, 0.29) is 6.04 Å². The summed E-state index contributed by atoms with van der Waals surface area (Å²) >= 11 is 0. The first-order chi connectivity index (χ1) is 13.2. The third-order valence-electron chi connectivity index (χ3n) is 4.94. The van der Waals surface area contributed by atoms with Crippen molar-refractivity contribution in [1.82, 2.24) is 10.2 Å². The van der Waals surface area contributed by atoms with Gasteiger partial charge >= 0.3 is 12.1 Å². The predicted octanol–water partition coefficient (Wildman–Crippen LogP) is 3.95. The summed E-state index contributed by atoms with van der Waals surface area (Å²) in [6.45, 7) is 6.69. The fourth-order valence-corrected chi connectivity index (χ4v) is 3.66. The number of nitrogens with one attached hydrogen (secondary N) is 1. The number of ether oxygens (including phenoxy) is 1. The van der Waals surface area contributed by atoms with E-state index < -0.39 is 23.7 Å². The van der Waals surface area contributed by atoms with Crippen LogP contribution in [0.1, 0.15) is 45.2 Å². The van der Waals surface area contributed by atoms with E-state index in [0.717, 1.165) is 16.3 Å². The van der Waals surface area contributed by atoms with Crippen LogP contribution >= 0.6 is 0 Å². The molecule has 0 unspecified atom stereocenters. The highest BCUT2D eigenvalue weighted by Gasteiger charge is 2.32. The lowest BCUT2D eigenvalue weighted by atomic mass is 9.97. The third-order valence-corrected chi connectivity index (χ3v) is 4.94. The molecule has 1 aliphatic heterocycles. The number of nitrogens with zero attached hydrogens (tertiary/aromatic N) is 1. The first-order valence-corrected chi connectivity index (χ1v) is 9.68. The van der Waals surface area contributed by atoms with Gasteiger partial charge in [-0.1, -0.05) is 36.4 Å². The highest BCUT2D eigenvalue weighted by atomic mass is 16.6. The van der Waals surface area contributed by atoms with Crippen molar-refractivity contribution in [1.29, 1.82) is 0 Å². The zero-order valence-corrected chi connectivity index (χ0v) is 16.6. The lowest BCUT2D eigenvalue weighted by Crippen LogP contribution is -2.48. The Morgan fingerprint density at radius 3 is 2.36 bits per heavy atom. The van der Waals surface area contributed by atoms with E-state index in [0.29, 0.717) is 25.9 Å². The highest BCUT2D eigenvalue weighted by molar-refractivity contribution is 5.85. The monoisotopic (exact) mass is 384 g/mol. The fraction of sp³-hybridized carbons (Fsp3) is 0.455. The van der Waals surface area contributed by atoms with Gasteiger partial charge in [-0.15, -0.1) is 0 Å². The Morgan fingerprint density at radius 1 is 1.11 bits per heavy atom. The van der Waals surface area contributed by atoms with Crippen LogP contribution in [-0.2, 0) is 9.53 Å². The Balaban J connectivity index is 1.66. The van der Waals surface area contributed by atoms with Gasteiger partial charge in [0.25, 0.3) is 0 Å². The van der Waals surface area contributed by atoms with Crippen molar-refractivity contribution < 1.29 is 19.4 Å². The number of carbonyl (C=O) groups is 2. The zero-order chi connectivity index (χ0) is 20.3. The summed E-state index contributed by atoms with van der Waals surface area (Å²) in [6, 6.07) is 13.1. The molecule has 2 N–H and O–H groups in total. The Morgan fingerprint density at radius 2 is 1.75 bits per heavy atom. The van der Waals surface area contributed by atoms with Crippen molar-refractivity contribution in [3.8, 4) is 0 Å². The molecular formula is C22H28N2O4. The number of carbonyl (C=O) groups excluding carboxylic acids is 1. The summed E-state index contributed by atoms with van der Waals surface area (Å²) in [5, 5.41) is 14.9. The van der Waals surface area contributed by atoms with E-state index in [9.17, 15) is 14.7 Å². The number of carboxylic acid groups (broad SMARTS) is 1. The molecule has 1 saturated heterocycles. The normalized spacial score (nSPS) is 17.2. The van der Waals surface area contributed by atoms with Crippen LogP contribution in [0.5, 0.6) is 0 Å². The molecule has 1 fully saturated rings. The molecule has 6 nitrogen and oxygen atoms in total. The number of hydrogen-bond acceptors (Lipinski definition) is 4. The van der Waals surface area contributed by atoms with Crippen LogP contribution in [0.15, 0.2) is 42.5 Å². The van der Waals surface area contributed by atoms with Gasteiger partial charge < -0.3 is 15.2 Å². The molecule has 28 heavy (non-hydrogen) atoms. The van der Waals surface area contributed by atoms with Gasteiger partial charge in [-0.25, -0.2) is 4.79 Å². The molecule has 1 heterocycles. The van der Waals surface area contributed by atoms with Gasteiger partial charge in [0, 0.05) is 19.1 Å². The molecule has 0 aromatic heterocycles. The molecule has 1 atom stereocenters. The van der Waals surface area contributed by atoms with E-state index in [4.69, 9.17) is 4.74 Å². The molecule has 0 radical (unpaired) electrons. The zero-order valence-electron chi connectivity index (χ0n) is 16.6. The van der Waals surface area contributed by atoms with Crippen LogP contribution in [0, 0.1) is 0 Å². The van der Waals surface area contributed by atoms with Crippen molar-refractivity contribution in [3.63, 3.8) is 0 Å². The number of amides is 1. The van der Waals surface area contributed by atoms with Crippen LogP contribution in [0.4, 0.5) is 4.79 Å². The van der Waals surface area contributed by atoms with Gasteiger partial charge in [-0.3, -0.25) is 9.69 Å². The maximum absolute atomic E-state index is 12.0. The number of aliphatic carboxylic acids is 1. The van der Waals surface area contributed by atoms with Crippen LogP contribution in [0.3, 0.4) is 0 Å². The molecular weight excluding hydrogens is 356 g/mol. The van der Waals surface area contributed by atoms with Crippen molar-refractivity contribution in [2.24, 2.45) is 0 Å². The fourth-order valence-electron chi connectivity index (χ4n) is 3.66. The second kappa shape index (κ2) is 8.19. The molecule has 0 bridgehead atoms. The van der Waals surface area contributed by atoms with Gasteiger partial charge in [0.15, 0.2) is 0 Å². The van der Waals surface area contributed by atoms with E-state index in [1.54, 1.807) is 0 Å². The topological polar surface area (TPSA) is 78.9 Å². The Kier molecular flexibility index (Phi) is 5.89. The van der Waals surface area contributed by atoms with Gasteiger partial charge in [0.1, 0.15) is 11.6 Å². The van der Waals surface area contributed by atoms with Crippen LogP contribution < -0.4 is 5.32 Å². The number of carboxylic acids is 1. The molecule has 2 aromatic rings. The Bertz CT molecular complexity index is 851. The summed E-state index contributed by atoms with van der Waals surface area (Å²) < 4.78 is 5.31. The average molecular weight is 384 g/mol. The van der Waals surface area contributed by atoms with Crippen molar-refractivity contribution in [2.45, 2.75) is 51.3 Å². The smallest absolute Gasteiger partial charge is 0.407 e. The van der Waals surface area contributed by atoms with E-state index in [1.807, 2.05) is 68.1 Å². The lowest BCUT2D eigenvalue weighted by molar-refractivity contribution is -0.144. The molecule has 0 aliphatic carbocycles. The Hall–Kier alpha value is -2.60. The molecule has 1 amide bonds. The summed E-state index contributed by atoms with van der Waals surface area (Å²) in [5.74, 6) is -0.853. The van der Waals surface area contributed by atoms with Gasteiger partial charge in [-0.05, 0) is 56.0 Å². The minimum Gasteiger partial charge on any atom is -0.480 e. The maximum atomic E-state index is 12.0. The van der Waals surface area contributed by atoms with Gasteiger partial charge in [0.2, 0.25) is 0 Å². The van der Waals surface area contributed by atoms with Crippen LogP contribution in [0.25, 0.3) is 10.8 Å². The molecule has 150 valence electrons. The summed E-state index contributed by atoms with van der Waals surface area (Å²) in [5.41, 5.74) is 0.250. The summed E-state index contributed by atoms with van der Waals surface area (Å²) in [6.07, 6.45) is 0.961. The molecule has 2 aromatic carbocycles. The predicted molar refractivity (Wildman–Crippen MR) is 108 cm³/mol. The molecule has 0 spiro atoms. The van der Waals surface area contributed by atoms with E-state index >= 15 is 0 Å². The maximum Gasteiger partial charge on any atom is 0.407 e. The summed E-state index contributed by atoms with van der Waals surface area (Å²) in [7, 11) is 0. The number of likely N-dealkylation sites (tertiary alicyclic amines) is 1. The average Bonchev–Trinajstić information content (AvgIpc) is 2.61. The lowest BCUT2D eigenvalue weighted by Gasteiger charge is -2.36. The molecule has 1 aliphatic rings. The highest BCUT2D eigenvalue weighted by Crippen LogP contribution is 2.28. The molecule has 0 saturated carbocycles. The second-order valence-corrected chi connectivity index (χ2v) is 8.30. The van der Waals surface area contributed by atoms with E-state index in [1.165, 1.54) is 0 Å². The molecule has 6 heteroatoms. The Labute approximate surface area is 165 Å². The number of hydrogen-bond donors (Lipinski definition) is 2. The van der Waals surface area contributed by atoms with Crippen molar-refractivity contribution in [2.75, 3.05) is 13.1 Å². The number of benzene rings is 2. The summed E-state index contributed by atoms with van der Waals surface area (Å²) in [4.78, 5) is 25.9. The largest absolute Gasteiger partial charge is 0.480 e. The minimum atomic E-state index is -0.853. The second-order valence-electron chi connectivity index (χ2n) is 8.30. The van der Waals surface area contributed by atoms with Crippen LogP contribution in [-0.4, -0.2) is 46.8 Å². The first-order valence-electron chi connectivity index (χ1n) is 9.68. The number of rotatable bonds is 4. The minimum absolute atomic E-state index is 0.00264. The van der Waals surface area contributed by atoms with Crippen LogP contribution in [0.2, 0.25) is 0 Å². The van der Waals surface area contributed by atoms with Gasteiger partial charge in [-0.2, -0.15) is 0 Å². The number of fused-ring (bicyclic) bond motifs is 1. The third kappa shape index (κ3) is 5.01.